The lowest BCUT2D eigenvalue weighted by atomic mass is 9.85. The molecule has 0 aromatic heterocycles. The third-order valence-electron chi connectivity index (χ3n) is 8.02. The molecule has 0 spiro atoms. The quantitative estimate of drug-likeness (QED) is 0.145. The Balaban J connectivity index is 2.39. The van der Waals surface area contributed by atoms with E-state index in [-0.39, 0.29) is 11.5 Å². The molecule has 0 saturated carbocycles. The highest BCUT2D eigenvalue weighted by molar-refractivity contribution is 5.86. The Morgan fingerprint density at radius 1 is 1.12 bits per heavy atom. The molecule has 41 heavy (non-hydrogen) atoms. The van der Waals surface area contributed by atoms with Crippen molar-refractivity contribution in [3.8, 4) is 0 Å². The molecule has 0 aromatic carbocycles. The lowest BCUT2D eigenvalue weighted by Crippen LogP contribution is -2.40. The summed E-state index contributed by atoms with van der Waals surface area (Å²) in [5.74, 6) is 2.28. The lowest BCUT2D eigenvalue weighted by molar-refractivity contribution is 0.323. The first kappa shape index (κ1) is 34.2. The summed E-state index contributed by atoms with van der Waals surface area (Å²) in [5.41, 5.74) is 5.71. The van der Waals surface area contributed by atoms with Crippen LogP contribution in [0.2, 0.25) is 0 Å². The van der Waals surface area contributed by atoms with Crippen molar-refractivity contribution >= 4 is 12.1 Å². The second-order valence-corrected chi connectivity index (χ2v) is 12.3. The molecule has 6 heteroatoms. The zero-order valence-corrected chi connectivity index (χ0v) is 27.5. The van der Waals surface area contributed by atoms with Crippen molar-refractivity contribution in [2.24, 2.45) is 21.3 Å². The van der Waals surface area contributed by atoms with Crippen LogP contribution in [0.5, 0.6) is 0 Å². The Bertz CT molecular complexity index is 1080. The molecule has 2 aliphatic rings. The smallest absolute Gasteiger partial charge is 0.130 e. The number of nitrogens with zero attached hydrogens (tertiary/aromatic N) is 3. The van der Waals surface area contributed by atoms with E-state index in [1.54, 1.807) is 0 Å². The molecule has 0 amide bonds. The maximum absolute atomic E-state index is 4.83. The van der Waals surface area contributed by atoms with Crippen molar-refractivity contribution in [1.82, 2.24) is 20.9 Å². The molecule has 0 aromatic rings. The third kappa shape index (κ3) is 10.7. The summed E-state index contributed by atoms with van der Waals surface area (Å²) in [6.07, 6.45) is 21.2. The van der Waals surface area contributed by atoms with E-state index >= 15 is 0 Å². The van der Waals surface area contributed by atoms with Crippen LogP contribution in [0, 0.1) is 11.3 Å². The summed E-state index contributed by atoms with van der Waals surface area (Å²) in [4.78, 5) is 12.1. The SMILES string of the molecule is C=C(C)/C(=C\C(=CC)C(C)(C)C)N/C(NC(=NC)C1CCCCN(C2=CC=CCC2)CCC1)=C(\NC)C(C)N=CC. The van der Waals surface area contributed by atoms with Crippen LogP contribution in [0.1, 0.15) is 93.4 Å². The van der Waals surface area contributed by atoms with Crippen LogP contribution < -0.4 is 16.0 Å². The molecule has 1 fully saturated rings. The third-order valence-corrected chi connectivity index (χ3v) is 8.02. The summed E-state index contributed by atoms with van der Waals surface area (Å²) in [6, 6.07) is -0.0554. The van der Waals surface area contributed by atoms with Gasteiger partial charge < -0.3 is 20.9 Å². The van der Waals surface area contributed by atoms with E-state index in [0.717, 1.165) is 73.8 Å². The van der Waals surface area contributed by atoms with Crippen LogP contribution in [-0.4, -0.2) is 50.2 Å². The number of hydrogen-bond acceptors (Lipinski definition) is 5. The fourth-order valence-corrected chi connectivity index (χ4v) is 5.66. The van der Waals surface area contributed by atoms with Gasteiger partial charge in [-0.3, -0.25) is 9.98 Å². The summed E-state index contributed by atoms with van der Waals surface area (Å²) in [7, 11) is 3.88. The highest BCUT2D eigenvalue weighted by atomic mass is 15.2. The van der Waals surface area contributed by atoms with Crippen LogP contribution >= 0.6 is 0 Å². The Labute approximate surface area is 251 Å². The minimum absolute atomic E-state index is 0.0192. The van der Waals surface area contributed by atoms with Gasteiger partial charge in [0, 0.05) is 44.5 Å². The van der Waals surface area contributed by atoms with Crippen LogP contribution in [-0.2, 0) is 0 Å². The molecule has 2 unspecified atom stereocenters. The number of nitrogens with one attached hydrogen (secondary N) is 3. The zero-order valence-electron chi connectivity index (χ0n) is 27.5. The molecule has 6 nitrogen and oxygen atoms in total. The Kier molecular flexibility index (Phi) is 14.2. The Morgan fingerprint density at radius 3 is 2.39 bits per heavy atom. The van der Waals surface area contributed by atoms with Gasteiger partial charge in [-0.25, -0.2) is 0 Å². The maximum atomic E-state index is 4.83. The van der Waals surface area contributed by atoms with Crippen molar-refractivity contribution in [2.45, 2.75) is 99.5 Å². The molecular formula is C35H58N6. The standard InChI is InChI=1S/C35H58N6/c1-11-29(35(6,7)8)25-31(26(3)4)39-34(32(36-9)27(5)38-12-2)40-33(37-10)28-19-16-17-23-41(24-18-20-28)30-21-14-13-15-22-30/h11-14,21,25,27-28,36,39H,3,15-20,22-24H2,1-2,4-10H3,(H,37,40)/b29-11?,31-25+,34-32+,38-12?. The van der Waals surface area contributed by atoms with Crippen LogP contribution in [0.15, 0.2) is 81.0 Å². The van der Waals surface area contributed by atoms with E-state index in [1.807, 2.05) is 27.2 Å². The summed E-state index contributed by atoms with van der Waals surface area (Å²) < 4.78 is 0. The van der Waals surface area contributed by atoms with E-state index < -0.39 is 0 Å². The molecule has 3 N–H and O–H groups in total. The second-order valence-electron chi connectivity index (χ2n) is 12.3. The average Bonchev–Trinajstić information content (AvgIpc) is 3.06. The summed E-state index contributed by atoms with van der Waals surface area (Å²) >= 11 is 0. The molecule has 1 saturated heterocycles. The summed E-state index contributed by atoms with van der Waals surface area (Å²) in [5, 5.41) is 10.9. The number of amidine groups is 1. The predicted octanol–water partition coefficient (Wildman–Crippen LogP) is 7.63. The lowest BCUT2D eigenvalue weighted by Gasteiger charge is -2.28. The molecule has 0 bridgehead atoms. The molecule has 1 heterocycles. The number of rotatable bonds is 10. The molecule has 2 rings (SSSR count). The van der Waals surface area contributed by atoms with E-state index in [1.165, 1.54) is 24.1 Å². The summed E-state index contributed by atoms with van der Waals surface area (Å²) in [6.45, 7) is 21.5. The molecule has 1 aliphatic carbocycles. The van der Waals surface area contributed by atoms with Gasteiger partial charge in [-0.15, -0.1) is 0 Å². The van der Waals surface area contributed by atoms with Gasteiger partial charge in [-0.2, -0.15) is 0 Å². The number of allylic oxidation sites excluding steroid dienone is 8. The van der Waals surface area contributed by atoms with Crippen LogP contribution in [0.25, 0.3) is 0 Å². The highest BCUT2D eigenvalue weighted by Gasteiger charge is 2.23. The van der Waals surface area contributed by atoms with Gasteiger partial charge in [0.25, 0.3) is 0 Å². The Morgan fingerprint density at radius 2 is 1.83 bits per heavy atom. The first-order chi connectivity index (χ1) is 19.5. The number of likely N-dealkylation sites (N-methyl/N-ethyl adjacent to an activating group) is 1. The predicted molar refractivity (Wildman–Crippen MR) is 180 cm³/mol. The van der Waals surface area contributed by atoms with Gasteiger partial charge in [0.1, 0.15) is 11.7 Å². The van der Waals surface area contributed by atoms with Gasteiger partial charge in [0.2, 0.25) is 0 Å². The molecule has 2 atom stereocenters. The monoisotopic (exact) mass is 562 g/mol. The normalized spacial score (nSPS) is 21.4. The number of aliphatic imine (C=N–C) groups is 2. The average molecular weight is 563 g/mol. The van der Waals surface area contributed by atoms with E-state index in [4.69, 9.17) is 4.99 Å². The van der Waals surface area contributed by atoms with Gasteiger partial charge in [0.15, 0.2) is 0 Å². The maximum Gasteiger partial charge on any atom is 0.130 e. The highest BCUT2D eigenvalue weighted by Crippen LogP contribution is 2.28. The van der Waals surface area contributed by atoms with E-state index in [2.05, 4.69) is 104 Å². The number of hydrogen-bond donors (Lipinski definition) is 3. The van der Waals surface area contributed by atoms with Gasteiger partial charge in [-0.05, 0) is 101 Å². The van der Waals surface area contributed by atoms with Crippen LogP contribution in [0.4, 0.5) is 0 Å². The molecule has 0 radical (unpaired) electrons. The minimum atomic E-state index is -0.0554. The fourth-order valence-electron chi connectivity index (χ4n) is 5.66. The van der Waals surface area contributed by atoms with Crippen LogP contribution in [0.3, 0.4) is 0 Å². The zero-order chi connectivity index (χ0) is 30.4. The van der Waals surface area contributed by atoms with Crippen molar-refractivity contribution in [1.29, 1.82) is 0 Å². The first-order valence-electron chi connectivity index (χ1n) is 15.6. The van der Waals surface area contributed by atoms with E-state index in [9.17, 15) is 0 Å². The molecular weight excluding hydrogens is 504 g/mol. The van der Waals surface area contributed by atoms with Crippen molar-refractivity contribution < 1.29 is 0 Å². The van der Waals surface area contributed by atoms with Gasteiger partial charge >= 0.3 is 0 Å². The first-order valence-corrected chi connectivity index (χ1v) is 15.6. The molecule has 1 aliphatic heterocycles. The Hall–Kier alpha value is -3.02. The molecule has 228 valence electrons. The van der Waals surface area contributed by atoms with Gasteiger partial charge in [-0.1, -0.05) is 52.0 Å². The van der Waals surface area contributed by atoms with Crippen molar-refractivity contribution in [3.05, 3.63) is 71.0 Å². The topological polar surface area (TPSA) is 64.1 Å². The minimum Gasteiger partial charge on any atom is -0.387 e. The second kappa shape index (κ2) is 17.1. The fraction of sp³-hybridized carbons (Fsp3) is 0.600. The van der Waals surface area contributed by atoms with Gasteiger partial charge in [0.05, 0.1) is 11.7 Å². The van der Waals surface area contributed by atoms with Crippen molar-refractivity contribution in [2.75, 3.05) is 27.2 Å². The largest absolute Gasteiger partial charge is 0.387 e. The van der Waals surface area contributed by atoms with Crippen molar-refractivity contribution in [3.63, 3.8) is 0 Å². The van der Waals surface area contributed by atoms with E-state index in [0.29, 0.717) is 5.92 Å².